The average molecular weight is 205 g/mol. The van der Waals surface area contributed by atoms with Crippen molar-refractivity contribution in [1.82, 2.24) is 14.5 Å². The van der Waals surface area contributed by atoms with Crippen molar-refractivity contribution in [2.45, 2.75) is 13.0 Å². The average Bonchev–Trinajstić information content (AvgIpc) is 2.63. The van der Waals surface area contributed by atoms with Gasteiger partial charge in [-0.25, -0.2) is 0 Å². The van der Waals surface area contributed by atoms with Gasteiger partial charge < -0.3 is 9.55 Å². The fourth-order valence-electron chi connectivity index (χ4n) is 1.31. The maximum Gasteiger partial charge on any atom is 0.177 e. The molecule has 0 saturated carbocycles. The van der Waals surface area contributed by atoms with Gasteiger partial charge in [0.05, 0.1) is 0 Å². The van der Waals surface area contributed by atoms with Gasteiger partial charge in [0.2, 0.25) is 0 Å². The van der Waals surface area contributed by atoms with Crippen LogP contribution in [0, 0.1) is 4.77 Å². The van der Waals surface area contributed by atoms with Crippen LogP contribution in [0.25, 0.3) is 0 Å². The molecule has 2 aromatic heterocycles. The summed E-state index contributed by atoms with van der Waals surface area (Å²) >= 11 is 5.09. The first-order valence-electron chi connectivity index (χ1n) is 4.50. The van der Waals surface area contributed by atoms with E-state index in [1.54, 1.807) is 0 Å². The van der Waals surface area contributed by atoms with Gasteiger partial charge in [-0.3, -0.25) is 4.98 Å². The molecule has 0 fully saturated rings. The molecule has 4 heteroatoms. The quantitative estimate of drug-likeness (QED) is 0.779. The Hall–Kier alpha value is -1.42. The number of imidazole rings is 1. The Morgan fingerprint density at radius 2 is 2.36 bits per heavy atom. The van der Waals surface area contributed by atoms with E-state index in [-0.39, 0.29) is 0 Å². The van der Waals surface area contributed by atoms with E-state index in [9.17, 15) is 0 Å². The normalized spacial score (nSPS) is 10.3. The number of nitrogens with zero attached hydrogens (tertiary/aromatic N) is 2. The van der Waals surface area contributed by atoms with Crippen LogP contribution in [0.4, 0.5) is 0 Å². The van der Waals surface area contributed by atoms with Gasteiger partial charge in [0.15, 0.2) is 4.77 Å². The molecule has 2 heterocycles. The molecule has 72 valence electrons. The second-order valence-electron chi connectivity index (χ2n) is 3.03. The van der Waals surface area contributed by atoms with Gasteiger partial charge in [-0.05, 0) is 24.4 Å². The van der Waals surface area contributed by atoms with E-state index in [4.69, 9.17) is 12.2 Å². The predicted molar refractivity (Wildman–Crippen MR) is 57.6 cm³/mol. The number of H-pyrrole nitrogens is 1. The maximum atomic E-state index is 5.09. The van der Waals surface area contributed by atoms with Crippen LogP contribution in [0.2, 0.25) is 0 Å². The standard InChI is InChI=1S/C10H11N3S/c14-10-12-6-8-13(10)7-4-9-3-1-2-5-11-9/h1-3,5-6,8H,4,7H2,(H,12,14). The molecule has 2 rings (SSSR count). The molecule has 1 N–H and O–H groups in total. The predicted octanol–water partition coefficient (Wildman–Crippen LogP) is 2.18. The highest BCUT2D eigenvalue weighted by molar-refractivity contribution is 7.71. The van der Waals surface area contributed by atoms with Gasteiger partial charge in [-0.1, -0.05) is 6.07 Å². The Bertz CT molecular complexity index is 444. The lowest BCUT2D eigenvalue weighted by atomic mass is 10.3. The zero-order valence-corrected chi connectivity index (χ0v) is 8.50. The first kappa shape index (κ1) is 9.15. The van der Waals surface area contributed by atoms with E-state index >= 15 is 0 Å². The highest BCUT2D eigenvalue weighted by atomic mass is 32.1. The van der Waals surface area contributed by atoms with E-state index in [1.165, 1.54) is 0 Å². The van der Waals surface area contributed by atoms with Crippen LogP contribution in [0.15, 0.2) is 36.8 Å². The summed E-state index contributed by atoms with van der Waals surface area (Å²) in [5.41, 5.74) is 1.09. The van der Waals surface area contributed by atoms with Crippen molar-refractivity contribution in [3.8, 4) is 0 Å². The Balaban J connectivity index is 2.02. The lowest BCUT2D eigenvalue weighted by Crippen LogP contribution is -2.01. The summed E-state index contributed by atoms with van der Waals surface area (Å²) in [5, 5.41) is 0. The summed E-state index contributed by atoms with van der Waals surface area (Å²) in [6.07, 6.45) is 6.52. The lowest BCUT2D eigenvalue weighted by molar-refractivity contribution is 0.676. The summed E-state index contributed by atoms with van der Waals surface area (Å²) in [6, 6.07) is 5.94. The summed E-state index contributed by atoms with van der Waals surface area (Å²) < 4.78 is 2.77. The van der Waals surface area contributed by atoms with Crippen molar-refractivity contribution in [2.24, 2.45) is 0 Å². The Morgan fingerprint density at radius 3 is 3.00 bits per heavy atom. The third-order valence-electron chi connectivity index (χ3n) is 2.06. The molecule has 0 radical (unpaired) electrons. The molecule has 0 amide bonds. The molecule has 0 aliphatic rings. The highest BCUT2D eigenvalue weighted by Gasteiger charge is 1.95. The van der Waals surface area contributed by atoms with Crippen LogP contribution in [0.3, 0.4) is 0 Å². The fourth-order valence-corrected chi connectivity index (χ4v) is 1.53. The Labute approximate surface area is 87.4 Å². The van der Waals surface area contributed by atoms with Crippen molar-refractivity contribution in [1.29, 1.82) is 0 Å². The molecule has 0 aliphatic heterocycles. The van der Waals surface area contributed by atoms with Crippen LogP contribution >= 0.6 is 12.2 Å². The molecule has 0 bridgehead atoms. The molecule has 3 nitrogen and oxygen atoms in total. The van der Waals surface area contributed by atoms with E-state index in [0.717, 1.165) is 23.4 Å². The number of rotatable bonds is 3. The second-order valence-corrected chi connectivity index (χ2v) is 3.42. The van der Waals surface area contributed by atoms with Gasteiger partial charge in [0.25, 0.3) is 0 Å². The summed E-state index contributed by atoms with van der Waals surface area (Å²) in [7, 11) is 0. The Morgan fingerprint density at radius 1 is 1.43 bits per heavy atom. The number of hydrogen-bond donors (Lipinski definition) is 1. The maximum absolute atomic E-state index is 5.09. The topological polar surface area (TPSA) is 33.6 Å². The van der Waals surface area contributed by atoms with Crippen molar-refractivity contribution < 1.29 is 0 Å². The van der Waals surface area contributed by atoms with Crippen molar-refractivity contribution in [3.63, 3.8) is 0 Å². The first-order chi connectivity index (χ1) is 6.86. The molecule has 0 aliphatic carbocycles. The van der Waals surface area contributed by atoms with Gasteiger partial charge in [0.1, 0.15) is 0 Å². The van der Waals surface area contributed by atoms with E-state index in [0.29, 0.717) is 0 Å². The van der Waals surface area contributed by atoms with Gasteiger partial charge >= 0.3 is 0 Å². The first-order valence-corrected chi connectivity index (χ1v) is 4.91. The van der Waals surface area contributed by atoms with Gasteiger partial charge in [-0.15, -0.1) is 0 Å². The van der Waals surface area contributed by atoms with Gasteiger partial charge in [-0.2, -0.15) is 0 Å². The zero-order chi connectivity index (χ0) is 9.80. The van der Waals surface area contributed by atoms with E-state index in [2.05, 4.69) is 9.97 Å². The summed E-state index contributed by atoms with van der Waals surface area (Å²) in [4.78, 5) is 7.21. The number of hydrogen-bond acceptors (Lipinski definition) is 2. The van der Waals surface area contributed by atoms with Crippen LogP contribution in [0.1, 0.15) is 5.69 Å². The summed E-state index contributed by atoms with van der Waals surface area (Å²) in [5.74, 6) is 0. The molecule has 2 aromatic rings. The lowest BCUT2D eigenvalue weighted by Gasteiger charge is -2.01. The molecule has 0 unspecified atom stereocenters. The molecular formula is C10H11N3S. The fraction of sp³-hybridized carbons (Fsp3) is 0.200. The molecule has 0 spiro atoms. The number of aryl methyl sites for hydroxylation is 2. The van der Waals surface area contributed by atoms with E-state index in [1.807, 2.05) is 41.4 Å². The van der Waals surface area contributed by atoms with Crippen LogP contribution < -0.4 is 0 Å². The Kier molecular flexibility index (Phi) is 2.74. The molecule has 0 aromatic carbocycles. The van der Waals surface area contributed by atoms with Crippen LogP contribution in [-0.4, -0.2) is 14.5 Å². The second kappa shape index (κ2) is 4.19. The van der Waals surface area contributed by atoms with Crippen LogP contribution in [-0.2, 0) is 13.0 Å². The third-order valence-corrected chi connectivity index (χ3v) is 2.41. The number of aromatic nitrogens is 3. The third kappa shape index (κ3) is 2.09. The SMILES string of the molecule is S=c1[nH]ccn1CCc1ccccn1. The highest BCUT2D eigenvalue weighted by Crippen LogP contribution is 1.98. The number of aromatic amines is 1. The largest absolute Gasteiger partial charge is 0.337 e. The van der Waals surface area contributed by atoms with Crippen molar-refractivity contribution in [3.05, 3.63) is 47.3 Å². The number of nitrogens with one attached hydrogen (secondary N) is 1. The molecule has 14 heavy (non-hydrogen) atoms. The minimum atomic E-state index is 0.765. The van der Waals surface area contributed by atoms with Gasteiger partial charge in [0, 0.05) is 37.3 Å². The van der Waals surface area contributed by atoms with E-state index < -0.39 is 0 Å². The molecule has 0 atom stereocenters. The monoisotopic (exact) mass is 205 g/mol. The van der Waals surface area contributed by atoms with Crippen LogP contribution in [0.5, 0.6) is 0 Å². The summed E-state index contributed by atoms with van der Waals surface area (Å²) in [6.45, 7) is 0.874. The van der Waals surface area contributed by atoms with Crippen molar-refractivity contribution >= 4 is 12.2 Å². The molecular weight excluding hydrogens is 194 g/mol. The smallest absolute Gasteiger partial charge is 0.177 e. The minimum absolute atomic E-state index is 0.765. The molecule has 0 saturated heterocycles. The van der Waals surface area contributed by atoms with Crippen molar-refractivity contribution in [2.75, 3.05) is 0 Å². The zero-order valence-electron chi connectivity index (χ0n) is 7.68. The number of pyridine rings is 1. The minimum Gasteiger partial charge on any atom is -0.337 e.